The number of nitrogens with one attached hydrogen (secondary N) is 1. The molecule has 0 rings (SSSR count). The molecule has 0 heterocycles. The summed E-state index contributed by atoms with van der Waals surface area (Å²) < 4.78 is 23.9. The summed E-state index contributed by atoms with van der Waals surface area (Å²) >= 11 is 0. The van der Waals surface area contributed by atoms with Gasteiger partial charge in [0.2, 0.25) is 18.2 Å². The molecule has 4 nitrogen and oxygen atoms in total. The lowest BCUT2D eigenvalue weighted by atomic mass is 10.1. The summed E-state index contributed by atoms with van der Waals surface area (Å²) in [5.41, 5.74) is 4.82. The number of hydrogen-bond donors (Lipinski definition) is 2. The Bertz CT molecular complexity index is 209. The number of halogens is 2. The third kappa shape index (κ3) is 3.82. The maximum atomic E-state index is 12.0. The zero-order valence-corrected chi connectivity index (χ0v) is 7.38. The van der Waals surface area contributed by atoms with Crippen molar-refractivity contribution in [1.29, 1.82) is 0 Å². The molecule has 0 bridgehead atoms. The molecule has 76 valence electrons. The number of carbonyl (C=O) groups excluding carboxylic acids is 2. The minimum Gasteiger partial charge on any atom is -0.368 e. The molecular formula is C7H12F2N2O2. The number of alkyl halides is 2. The summed E-state index contributed by atoms with van der Waals surface area (Å²) in [7, 11) is 0. The van der Waals surface area contributed by atoms with Crippen LogP contribution in [0.2, 0.25) is 0 Å². The Morgan fingerprint density at radius 1 is 1.31 bits per heavy atom. The second kappa shape index (κ2) is 4.74. The summed E-state index contributed by atoms with van der Waals surface area (Å²) in [4.78, 5) is 21.3. The molecule has 2 amide bonds. The lowest BCUT2D eigenvalue weighted by Crippen LogP contribution is -2.45. The highest BCUT2D eigenvalue weighted by molar-refractivity contribution is 5.87. The van der Waals surface area contributed by atoms with Crippen LogP contribution in [0.5, 0.6) is 0 Å². The van der Waals surface area contributed by atoms with Crippen LogP contribution in [0.15, 0.2) is 0 Å². The lowest BCUT2D eigenvalue weighted by Gasteiger charge is -2.14. The van der Waals surface area contributed by atoms with Gasteiger partial charge in [0.15, 0.2) is 0 Å². The van der Waals surface area contributed by atoms with Crippen LogP contribution < -0.4 is 11.1 Å². The Morgan fingerprint density at radius 3 is 2.08 bits per heavy atom. The van der Waals surface area contributed by atoms with Crippen molar-refractivity contribution in [3.63, 3.8) is 0 Å². The van der Waals surface area contributed by atoms with Gasteiger partial charge in [0, 0.05) is 0 Å². The first-order valence-electron chi connectivity index (χ1n) is 3.74. The van der Waals surface area contributed by atoms with Crippen molar-refractivity contribution < 1.29 is 18.4 Å². The zero-order chi connectivity index (χ0) is 10.6. The average Bonchev–Trinajstić information content (AvgIpc) is 2.02. The van der Waals surface area contributed by atoms with Crippen molar-refractivity contribution >= 4 is 11.8 Å². The molecule has 0 fully saturated rings. The van der Waals surface area contributed by atoms with Crippen LogP contribution in [0.25, 0.3) is 0 Å². The van der Waals surface area contributed by atoms with Crippen LogP contribution in [0.4, 0.5) is 8.78 Å². The second-order valence-corrected chi connectivity index (χ2v) is 2.76. The molecule has 13 heavy (non-hydrogen) atoms. The highest BCUT2D eigenvalue weighted by Crippen LogP contribution is 2.08. The highest BCUT2D eigenvalue weighted by Gasteiger charge is 2.24. The fourth-order valence-corrected chi connectivity index (χ4v) is 0.530. The first kappa shape index (κ1) is 11.8. The topological polar surface area (TPSA) is 72.2 Å². The molecule has 0 saturated heterocycles. The standard InChI is InChI=1S/C7H12F2N2O2/c1-3(5(8)9)7(13)11-4(2)6(10)12/h3-5H,1-2H3,(H2,10,12)(H,11,13). The van der Waals surface area contributed by atoms with E-state index in [9.17, 15) is 18.4 Å². The van der Waals surface area contributed by atoms with Crippen molar-refractivity contribution in [3.05, 3.63) is 0 Å². The zero-order valence-electron chi connectivity index (χ0n) is 7.38. The molecule has 0 aliphatic carbocycles. The Kier molecular flexibility index (Phi) is 4.30. The number of amides is 2. The van der Waals surface area contributed by atoms with E-state index in [1.54, 1.807) is 0 Å². The van der Waals surface area contributed by atoms with E-state index >= 15 is 0 Å². The van der Waals surface area contributed by atoms with Crippen LogP contribution in [0.3, 0.4) is 0 Å². The van der Waals surface area contributed by atoms with Gasteiger partial charge < -0.3 is 11.1 Å². The molecule has 0 aromatic heterocycles. The van der Waals surface area contributed by atoms with Crippen LogP contribution >= 0.6 is 0 Å². The average molecular weight is 194 g/mol. The van der Waals surface area contributed by atoms with Crippen LogP contribution in [-0.2, 0) is 9.59 Å². The van der Waals surface area contributed by atoms with E-state index in [2.05, 4.69) is 5.32 Å². The van der Waals surface area contributed by atoms with Gasteiger partial charge in [0.1, 0.15) is 6.04 Å². The summed E-state index contributed by atoms with van der Waals surface area (Å²) in [6, 6.07) is -0.923. The fraction of sp³-hybridized carbons (Fsp3) is 0.714. The van der Waals surface area contributed by atoms with E-state index in [4.69, 9.17) is 5.73 Å². The largest absolute Gasteiger partial charge is 0.368 e. The lowest BCUT2D eigenvalue weighted by molar-refractivity contribution is -0.132. The molecule has 0 aliphatic heterocycles. The predicted octanol–water partition coefficient (Wildman–Crippen LogP) is -0.122. The van der Waals surface area contributed by atoms with Crippen LogP contribution in [0.1, 0.15) is 13.8 Å². The van der Waals surface area contributed by atoms with E-state index in [0.717, 1.165) is 6.92 Å². The SMILES string of the molecule is CC(NC(=O)C(C)C(F)F)C(N)=O. The maximum absolute atomic E-state index is 12.0. The second-order valence-electron chi connectivity index (χ2n) is 2.76. The molecule has 0 aliphatic rings. The van der Waals surface area contributed by atoms with E-state index in [1.807, 2.05) is 0 Å². The van der Waals surface area contributed by atoms with E-state index in [0.29, 0.717) is 0 Å². The van der Waals surface area contributed by atoms with E-state index < -0.39 is 30.2 Å². The fourth-order valence-electron chi connectivity index (χ4n) is 0.530. The van der Waals surface area contributed by atoms with Gasteiger partial charge >= 0.3 is 0 Å². The highest BCUT2D eigenvalue weighted by atomic mass is 19.3. The predicted molar refractivity (Wildman–Crippen MR) is 42.0 cm³/mol. The van der Waals surface area contributed by atoms with Crippen LogP contribution in [0, 0.1) is 5.92 Å². The van der Waals surface area contributed by atoms with Crippen molar-refractivity contribution in [2.75, 3.05) is 0 Å². The van der Waals surface area contributed by atoms with Crippen molar-refractivity contribution in [2.45, 2.75) is 26.3 Å². The van der Waals surface area contributed by atoms with E-state index in [-0.39, 0.29) is 0 Å². The minimum absolute atomic E-state index is 0.755. The number of primary amides is 1. The van der Waals surface area contributed by atoms with Crippen molar-refractivity contribution in [2.24, 2.45) is 11.7 Å². The Morgan fingerprint density at radius 2 is 1.77 bits per heavy atom. The van der Waals surface area contributed by atoms with Gasteiger partial charge in [0.25, 0.3) is 0 Å². The van der Waals surface area contributed by atoms with Gasteiger partial charge in [0.05, 0.1) is 5.92 Å². The van der Waals surface area contributed by atoms with Gasteiger partial charge in [-0.1, -0.05) is 0 Å². The number of hydrogen-bond acceptors (Lipinski definition) is 2. The first-order chi connectivity index (χ1) is 5.86. The van der Waals surface area contributed by atoms with E-state index in [1.165, 1.54) is 6.92 Å². The van der Waals surface area contributed by atoms with Crippen LogP contribution in [-0.4, -0.2) is 24.3 Å². The molecule has 0 spiro atoms. The summed E-state index contributed by atoms with van der Waals surface area (Å²) in [6.45, 7) is 2.41. The number of rotatable bonds is 4. The molecule has 2 atom stereocenters. The maximum Gasteiger partial charge on any atom is 0.249 e. The minimum atomic E-state index is -2.74. The molecule has 0 aromatic rings. The monoisotopic (exact) mass is 194 g/mol. The molecule has 0 aromatic carbocycles. The van der Waals surface area contributed by atoms with Gasteiger partial charge in [-0.15, -0.1) is 0 Å². The molecule has 2 unspecified atom stereocenters. The normalized spacial score (nSPS) is 15.2. The van der Waals surface area contributed by atoms with Gasteiger partial charge in [-0.25, -0.2) is 8.78 Å². The smallest absolute Gasteiger partial charge is 0.249 e. The quantitative estimate of drug-likeness (QED) is 0.654. The van der Waals surface area contributed by atoms with Gasteiger partial charge in [-0.2, -0.15) is 0 Å². The Hall–Kier alpha value is -1.20. The molecule has 0 saturated carbocycles. The van der Waals surface area contributed by atoms with Gasteiger partial charge in [-0.3, -0.25) is 9.59 Å². The summed E-state index contributed by atoms with van der Waals surface area (Å²) in [6.07, 6.45) is -2.74. The molecule has 3 N–H and O–H groups in total. The molecule has 0 radical (unpaired) electrons. The first-order valence-corrected chi connectivity index (χ1v) is 3.74. The molecular weight excluding hydrogens is 182 g/mol. The van der Waals surface area contributed by atoms with Crippen molar-refractivity contribution in [3.8, 4) is 0 Å². The molecule has 6 heteroatoms. The summed E-state index contributed by atoms with van der Waals surface area (Å²) in [5.74, 6) is -3.06. The Labute approximate surface area is 74.5 Å². The van der Waals surface area contributed by atoms with Gasteiger partial charge in [-0.05, 0) is 13.8 Å². The number of carbonyl (C=O) groups is 2. The third-order valence-corrected chi connectivity index (χ3v) is 1.58. The number of nitrogens with two attached hydrogens (primary N) is 1. The third-order valence-electron chi connectivity index (χ3n) is 1.58. The Balaban J connectivity index is 4.08. The summed E-state index contributed by atoms with van der Waals surface area (Å²) in [5, 5.41) is 2.07. The van der Waals surface area contributed by atoms with Crippen molar-refractivity contribution in [1.82, 2.24) is 5.32 Å².